The van der Waals surface area contributed by atoms with Gasteiger partial charge >= 0.3 is 5.97 Å². The molecule has 3 heterocycles. The molecule has 39 heteroatoms. The van der Waals surface area contributed by atoms with Crippen molar-refractivity contribution in [3.63, 3.8) is 0 Å². The van der Waals surface area contributed by atoms with Crippen molar-refractivity contribution in [2.24, 2.45) is 39.6 Å². The minimum absolute atomic E-state index is 0.0223. The average Bonchev–Trinajstić information content (AvgIpc) is 1.73. The zero-order valence-electron chi connectivity index (χ0n) is 59.7. The van der Waals surface area contributed by atoms with Crippen LogP contribution in [-0.4, -0.2) is 206 Å². The number of aromatic amines is 1. The van der Waals surface area contributed by atoms with E-state index in [4.69, 9.17) is 40.3 Å². The van der Waals surface area contributed by atoms with Crippen LogP contribution in [0.4, 0.5) is 8.78 Å². The predicted octanol–water partition coefficient (Wildman–Crippen LogP) is -1.31. The molecule has 23 N–H and O–H groups in total. The molecule has 0 radical (unpaired) electrons. The van der Waals surface area contributed by atoms with E-state index in [0.29, 0.717) is 43.2 Å². The van der Waals surface area contributed by atoms with Crippen molar-refractivity contribution in [3.05, 3.63) is 100 Å². The number of aromatic hydroxyl groups is 1. The van der Waals surface area contributed by atoms with E-state index in [2.05, 4.69) is 63.1 Å². The summed E-state index contributed by atoms with van der Waals surface area (Å²) in [5.41, 5.74) is 29.3. The summed E-state index contributed by atoms with van der Waals surface area (Å²) in [5, 5.41) is 45.8. The third kappa shape index (κ3) is 26.8. The first-order valence-electron chi connectivity index (χ1n) is 35.4. The van der Waals surface area contributed by atoms with E-state index in [1.165, 1.54) is 59.6 Å². The Hall–Kier alpha value is -10.3. The largest absolute Gasteiger partial charge is 0.508 e. The van der Waals surface area contributed by atoms with Gasteiger partial charge in [-0.15, -0.1) is 0 Å². The van der Waals surface area contributed by atoms with Crippen molar-refractivity contribution >= 4 is 133 Å². The van der Waals surface area contributed by atoms with Gasteiger partial charge in [0.25, 0.3) is 0 Å². The summed E-state index contributed by atoms with van der Waals surface area (Å²) in [6.07, 6.45) is -0.822. The smallest absolute Gasteiger partial charge is 0.303 e. The predicted molar refractivity (Wildman–Crippen MR) is 398 cm³/mol. The number of aromatic nitrogens is 1. The van der Waals surface area contributed by atoms with Gasteiger partial charge in [0.2, 0.25) is 76.8 Å². The number of carboxylic acids is 1. The number of nitrogens with one attached hydrogen (secondary N) is 11. The van der Waals surface area contributed by atoms with E-state index in [1.54, 1.807) is 6.92 Å². The quantitative estimate of drug-likeness (QED) is 0.0167. The number of carbonyl (C=O) groups excluding carboxylic acids is 13. The zero-order chi connectivity index (χ0) is 79.6. The van der Waals surface area contributed by atoms with Crippen LogP contribution in [0.1, 0.15) is 114 Å². The molecule has 34 nitrogen and oxygen atoms in total. The number of primary amides is 2. The Morgan fingerprint density at radius 1 is 0.706 bits per heavy atom. The molecule has 3 aromatic carbocycles. The Labute approximate surface area is 638 Å². The SMILES string of the molecule is C[C@@H](N)CC(=O)N1CCC[C@H]1C(=O)N[C@@H](Cc1ccc(O)cc1)C(=O)N[C@H]1CSSC[C@@H](C(N)=O)NC(=O)[C@H](CCC(=O)O)NC(=O)[C@H](Cc2c[nH]c3ccc(F)cc23)NC(=O)[C@@H](CCC(N)=O)NC(=O)CCNC(=O)[C@H](CCCN=C(N)N)NC(=O)[C@H](Cc2cccc(Cl)c2F)NC(=O)[C@H](C2CCCC2)NC1=O. The number of rotatable bonds is 24. The number of aliphatic carboxylic acids is 1. The summed E-state index contributed by atoms with van der Waals surface area (Å²) >= 11 is 6.23. The topological polar surface area (TPSA) is 561 Å². The normalized spacial score (nSPS) is 22.9. The van der Waals surface area contributed by atoms with Crippen LogP contribution >= 0.6 is 33.2 Å². The standard InChI is InChI=1S/C70H93ClF2N18O16S2/c1-35(74)27-56(95)91-26-6-12-53(91)68(106)86-48(28-36-13-16-41(92)17-14-36)64(102)89-52-34-109-108-33-51(60(76)98)88-63(101)47(20-22-57(96)97)84-66(104)50(30-39-32-81-44-18-15-40(72)31-42(39)44)85-62(100)46(19-21-54(75)93)82-55(94)23-25-79-61(99)45(11-5-24-80-70(77)78)83-65(103)49(29-38-9-4-10-43(71)58(38)73)87-69(107)59(90-67(52)105)37-7-2-3-8-37/h4,9-10,13-18,31-32,35,37,45-53,59,81,92H,2-3,5-8,11-12,19-30,33-34,74H2,1H3,(H2,75,93)(H2,76,98)(H,79,99)(H,82,94)(H,83,103)(H,84,104)(H,85,100)(H,86,106)(H,87,107)(H,88,101)(H,89,102)(H,90,105)(H,96,97)(H4,77,78,80)/t35-,45+,46-,47+,48+,49+,50+,51+,52+,53+,59+/m1/s1. The fourth-order valence-electron chi connectivity index (χ4n) is 12.7. The molecule has 2 aliphatic heterocycles. The number of aliphatic imine (C=N–C) groups is 1. The first-order valence-corrected chi connectivity index (χ1v) is 38.3. The van der Waals surface area contributed by atoms with Gasteiger partial charge in [-0.1, -0.05) is 70.3 Å². The van der Waals surface area contributed by atoms with Crippen molar-refractivity contribution in [2.75, 3.05) is 31.1 Å². The summed E-state index contributed by atoms with van der Waals surface area (Å²) in [6.45, 7) is 1.25. The molecule has 13 amide bonds. The molecule has 3 aliphatic rings. The molecule has 1 saturated carbocycles. The molecule has 0 unspecified atom stereocenters. The molecule has 1 aliphatic carbocycles. The maximum Gasteiger partial charge on any atom is 0.303 e. The number of fused-ring (bicyclic) bond motifs is 1. The van der Waals surface area contributed by atoms with Crippen LogP contribution in [0, 0.1) is 17.6 Å². The van der Waals surface area contributed by atoms with E-state index in [0.717, 1.165) is 33.7 Å². The number of benzene rings is 3. The molecule has 0 spiro atoms. The van der Waals surface area contributed by atoms with Crippen LogP contribution in [0.15, 0.2) is 71.9 Å². The lowest BCUT2D eigenvalue weighted by Gasteiger charge is -2.30. The Morgan fingerprint density at radius 2 is 1.33 bits per heavy atom. The van der Waals surface area contributed by atoms with Crippen molar-refractivity contribution in [1.82, 2.24) is 63.1 Å². The minimum atomic E-state index is -1.82. The van der Waals surface area contributed by atoms with Crippen LogP contribution < -0.4 is 81.8 Å². The van der Waals surface area contributed by atoms with E-state index < -0.39 is 230 Å². The van der Waals surface area contributed by atoms with Crippen LogP contribution in [0.2, 0.25) is 5.02 Å². The van der Waals surface area contributed by atoms with E-state index in [1.807, 2.05) is 0 Å². The monoisotopic (exact) mass is 1580 g/mol. The van der Waals surface area contributed by atoms with Gasteiger partial charge in [0.05, 0.1) is 5.02 Å². The zero-order valence-corrected chi connectivity index (χ0v) is 62.1. The van der Waals surface area contributed by atoms with Crippen molar-refractivity contribution < 1.29 is 86.1 Å². The summed E-state index contributed by atoms with van der Waals surface area (Å²) in [5.74, 6) is -17.7. The second-order valence-corrected chi connectivity index (χ2v) is 29.9. The molecule has 3 fully saturated rings. The Morgan fingerprint density at radius 3 is 1.99 bits per heavy atom. The third-order valence-electron chi connectivity index (χ3n) is 18.4. The van der Waals surface area contributed by atoms with Gasteiger partial charge in [-0.25, -0.2) is 8.78 Å². The van der Waals surface area contributed by atoms with Crippen molar-refractivity contribution in [3.8, 4) is 5.75 Å². The highest BCUT2D eigenvalue weighted by Crippen LogP contribution is 2.30. The Kier molecular flexibility index (Phi) is 33.0. The summed E-state index contributed by atoms with van der Waals surface area (Å²) in [6, 6.07) is -3.35. The highest BCUT2D eigenvalue weighted by atomic mass is 35.5. The van der Waals surface area contributed by atoms with E-state index in [-0.39, 0.29) is 78.4 Å². The summed E-state index contributed by atoms with van der Waals surface area (Å²) < 4.78 is 30.8. The molecule has 4 aromatic rings. The number of phenolic OH excluding ortho intramolecular Hbond substituents is 1. The lowest BCUT2D eigenvalue weighted by molar-refractivity contribution is -0.140. The maximum atomic E-state index is 16.0. The molecule has 592 valence electrons. The number of amides is 13. The second kappa shape index (κ2) is 41.8. The molecular weight excluding hydrogens is 1490 g/mol. The molecule has 1 aromatic heterocycles. The number of likely N-dealkylation sites (tertiary alicyclic amines) is 1. The number of hydrogen-bond donors (Lipinski definition) is 18. The maximum absolute atomic E-state index is 16.0. The van der Waals surface area contributed by atoms with Crippen LogP contribution in [-0.2, 0) is 86.4 Å². The van der Waals surface area contributed by atoms with E-state index >= 15 is 18.8 Å². The van der Waals surface area contributed by atoms with Crippen LogP contribution in [0.25, 0.3) is 10.9 Å². The molecule has 2 saturated heterocycles. The molecule has 7 rings (SSSR count). The second-order valence-electron chi connectivity index (χ2n) is 26.9. The molecular formula is C70H93ClF2N18O16S2. The fraction of sp³-hybridized carbons (Fsp3) is 0.500. The number of nitrogens with zero attached hydrogens (tertiary/aromatic N) is 2. The first kappa shape index (κ1) is 85.9. The highest BCUT2D eigenvalue weighted by Gasteiger charge is 2.41. The number of guanidine groups is 1. The highest BCUT2D eigenvalue weighted by molar-refractivity contribution is 8.76. The lowest BCUT2D eigenvalue weighted by atomic mass is 9.95. The third-order valence-corrected chi connectivity index (χ3v) is 21.1. The first-order chi connectivity index (χ1) is 51.8. The van der Waals surface area contributed by atoms with Gasteiger partial charge in [-0.3, -0.25) is 72.1 Å². The number of phenols is 1. The molecule has 0 bridgehead atoms. The van der Waals surface area contributed by atoms with Gasteiger partial charge in [0.1, 0.15) is 77.8 Å². The van der Waals surface area contributed by atoms with Gasteiger partial charge in [0, 0.05) is 99.2 Å². The number of H-pyrrole nitrogens is 1. The van der Waals surface area contributed by atoms with Crippen molar-refractivity contribution in [2.45, 2.75) is 183 Å². The lowest BCUT2D eigenvalue weighted by Crippen LogP contribution is -2.61. The Bertz CT molecular complexity index is 4000. The number of nitrogens with two attached hydrogens (primary N) is 5. The van der Waals surface area contributed by atoms with Gasteiger partial charge in [0.15, 0.2) is 5.96 Å². The van der Waals surface area contributed by atoms with Crippen LogP contribution in [0.5, 0.6) is 5.75 Å². The van der Waals surface area contributed by atoms with Gasteiger partial charge in [-0.2, -0.15) is 0 Å². The number of halogens is 3. The average molecular weight is 1580 g/mol. The van der Waals surface area contributed by atoms with Crippen LogP contribution in [0.3, 0.4) is 0 Å². The summed E-state index contributed by atoms with van der Waals surface area (Å²) in [7, 11) is 1.64. The summed E-state index contributed by atoms with van der Waals surface area (Å²) in [4.78, 5) is 206. The van der Waals surface area contributed by atoms with E-state index in [9.17, 15) is 67.3 Å². The molecule has 11 atom stereocenters. The number of hydrogen-bond acceptors (Lipinski definition) is 19. The van der Waals surface area contributed by atoms with Gasteiger partial charge in [-0.05, 0) is 117 Å². The molecule has 109 heavy (non-hydrogen) atoms. The fourth-order valence-corrected chi connectivity index (χ4v) is 15.2. The number of carboxylic acid groups (broad SMARTS) is 1. The van der Waals surface area contributed by atoms with Crippen molar-refractivity contribution in [1.29, 1.82) is 0 Å². The minimum Gasteiger partial charge on any atom is -0.508 e. The van der Waals surface area contributed by atoms with Gasteiger partial charge < -0.3 is 102 Å². The Balaban J connectivity index is 1.30. The number of carbonyl (C=O) groups is 14.